The third kappa shape index (κ3) is 4.74. The van der Waals surface area contributed by atoms with Gasteiger partial charge in [-0.2, -0.15) is 0 Å². The summed E-state index contributed by atoms with van der Waals surface area (Å²) in [7, 11) is 0. The average molecular weight is 355 g/mol. The maximum Gasteiger partial charge on any atom is 0.191 e. The van der Waals surface area contributed by atoms with Gasteiger partial charge in [-0.05, 0) is 42.2 Å². The Morgan fingerprint density at radius 1 is 1.19 bits per heavy atom. The Hall–Kier alpha value is -2.11. The van der Waals surface area contributed by atoms with Crippen molar-refractivity contribution in [3.05, 3.63) is 48.0 Å². The Bertz CT molecular complexity index is 739. The number of benzene rings is 2. The standard InChI is InChI=1S/C21H29N3O2/c1-2-22-20(24-15-21(9-11-25)10-12-26-16-21)23-14-17-7-8-18-5-3-4-6-19(18)13-17/h3-8,13,25H,2,9-12,14-16H2,1H3,(H2,22,23,24). The zero-order valence-electron chi connectivity index (χ0n) is 15.5. The van der Waals surface area contributed by atoms with Crippen molar-refractivity contribution in [2.24, 2.45) is 10.4 Å². The minimum absolute atomic E-state index is 0.00783. The molecule has 0 amide bonds. The Morgan fingerprint density at radius 3 is 2.77 bits per heavy atom. The zero-order valence-corrected chi connectivity index (χ0v) is 15.5. The van der Waals surface area contributed by atoms with Gasteiger partial charge in [-0.15, -0.1) is 0 Å². The van der Waals surface area contributed by atoms with E-state index in [-0.39, 0.29) is 12.0 Å². The monoisotopic (exact) mass is 355 g/mol. The topological polar surface area (TPSA) is 65.9 Å². The van der Waals surface area contributed by atoms with Gasteiger partial charge in [0, 0.05) is 31.7 Å². The number of fused-ring (bicyclic) bond motifs is 1. The van der Waals surface area contributed by atoms with Gasteiger partial charge in [0.05, 0.1) is 13.2 Å². The van der Waals surface area contributed by atoms with Crippen LogP contribution in [-0.4, -0.2) is 44.0 Å². The van der Waals surface area contributed by atoms with Gasteiger partial charge in [-0.1, -0.05) is 36.4 Å². The van der Waals surface area contributed by atoms with Crippen LogP contribution in [0.1, 0.15) is 25.3 Å². The lowest BCUT2D eigenvalue weighted by Crippen LogP contribution is -2.44. The Morgan fingerprint density at radius 2 is 2.04 bits per heavy atom. The third-order valence-electron chi connectivity index (χ3n) is 5.04. The molecule has 3 N–H and O–H groups in total. The van der Waals surface area contributed by atoms with Crippen molar-refractivity contribution in [2.75, 3.05) is 32.9 Å². The van der Waals surface area contributed by atoms with E-state index in [1.165, 1.54) is 16.3 Å². The first kappa shape index (κ1) is 18.7. The summed E-state index contributed by atoms with van der Waals surface area (Å²) in [5.74, 6) is 0.810. The van der Waals surface area contributed by atoms with Gasteiger partial charge in [0.15, 0.2) is 5.96 Å². The molecule has 1 saturated heterocycles. The highest BCUT2D eigenvalue weighted by Crippen LogP contribution is 2.31. The van der Waals surface area contributed by atoms with Crippen LogP contribution in [0.4, 0.5) is 0 Å². The number of hydrogen-bond acceptors (Lipinski definition) is 3. The van der Waals surface area contributed by atoms with E-state index in [1.54, 1.807) is 0 Å². The molecule has 0 aromatic heterocycles. The van der Waals surface area contributed by atoms with Crippen LogP contribution in [0.15, 0.2) is 47.5 Å². The molecule has 2 aromatic rings. The third-order valence-corrected chi connectivity index (χ3v) is 5.04. The summed E-state index contributed by atoms with van der Waals surface area (Å²) >= 11 is 0. The van der Waals surface area contributed by atoms with Gasteiger partial charge in [-0.3, -0.25) is 0 Å². The smallest absolute Gasteiger partial charge is 0.191 e. The number of aliphatic hydroxyl groups is 1. The van der Waals surface area contributed by atoms with Crippen LogP contribution >= 0.6 is 0 Å². The van der Waals surface area contributed by atoms with Gasteiger partial charge in [-0.25, -0.2) is 4.99 Å². The summed E-state index contributed by atoms with van der Waals surface area (Å²) < 4.78 is 5.56. The summed E-state index contributed by atoms with van der Waals surface area (Å²) in [4.78, 5) is 4.73. The molecule has 0 saturated carbocycles. The van der Waals surface area contributed by atoms with Crippen LogP contribution in [-0.2, 0) is 11.3 Å². The van der Waals surface area contributed by atoms with E-state index < -0.39 is 0 Å². The van der Waals surface area contributed by atoms with E-state index in [0.717, 1.165) is 38.5 Å². The lowest BCUT2D eigenvalue weighted by Gasteiger charge is -2.27. The molecule has 2 aromatic carbocycles. The first-order chi connectivity index (χ1) is 12.7. The second-order valence-electron chi connectivity index (χ2n) is 7.01. The van der Waals surface area contributed by atoms with Crippen molar-refractivity contribution >= 4 is 16.7 Å². The number of guanidine groups is 1. The SMILES string of the molecule is CCNC(=NCc1ccc2ccccc2c1)NCC1(CCO)CCOC1. The number of hydrogen-bond donors (Lipinski definition) is 3. The quantitative estimate of drug-likeness (QED) is 0.528. The molecule has 26 heavy (non-hydrogen) atoms. The van der Waals surface area contributed by atoms with Crippen molar-refractivity contribution in [3.8, 4) is 0 Å². The highest BCUT2D eigenvalue weighted by atomic mass is 16.5. The minimum Gasteiger partial charge on any atom is -0.396 e. The van der Waals surface area contributed by atoms with E-state index in [2.05, 4.69) is 60.0 Å². The maximum atomic E-state index is 9.37. The fourth-order valence-electron chi connectivity index (χ4n) is 3.43. The van der Waals surface area contributed by atoms with Gasteiger partial charge >= 0.3 is 0 Å². The van der Waals surface area contributed by atoms with E-state index in [1.807, 2.05) is 0 Å². The van der Waals surface area contributed by atoms with Crippen molar-refractivity contribution in [1.82, 2.24) is 10.6 Å². The fourth-order valence-corrected chi connectivity index (χ4v) is 3.43. The Kier molecular flexibility index (Phi) is 6.47. The zero-order chi connectivity index (χ0) is 18.2. The number of nitrogens with zero attached hydrogens (tertiary/aromatic N) is 1. The van der Waals surface area contributed by atoms with Crippen LogP contribution in [0.25, 0.3) is 10.8 Å². The molecule has 0 bridgehead atoms. The van der Waals surface area contributed by atoms with E-state index >= 15 is 0 Å². The van der Waals surface area contributed by atoms with Gasteiger partial charge in [0.2, 0.25) is 0 Å². The lowest BCUT2D eigenvalue weighted by molar-refractivity contribution is 0.127. The molecule has 5 heteroatoms. The first-order valence-corrected chi connectivity index (χ1v) is 9.43. The first-order valence-electron chi connectivity index (χ1n) is 9.43. The molecule has 1 fully saturated rings. The van der Waals surface area contributed by atoms with Crippen molar-refractivity contribution in [2.45, 2.75) is 26.3 Å². The number of aliphatic hydroxyl groups excluding tert-OH is 1. The Balaban J connectivity index is 1.65. The lowest BCUT2D eigenvalue weighted by atomic mass is 9.84. The highest BCUT2D eigenvalue weighted by Gasteiger charge is 2.34. The van der Waals surface area contributed by atoms with Crippen LogP contribution < -0.4 is 10.6 Å². The summed E-state index contributed by atoms with van der Waals surface area (Å²) in [6, 6.07) is 14.8. The van der Waals surface area contributed by atoms with E-state index in [9.17, 15) is 5.11 Å². The predicted octanol–water partition coefficient (Wildman–Crippen LogP) is 2.68. The second-order valence-corrected chi connectivity index (χ2v) is 7.01. The van der Waals surface area contributed by atoms with E-state index in [0.29, 0.717) is 13.2 Å². The number of nitrogens with one attached hydrogen (secondary N) is 2. The second kappa shape index (κ2) is 9.01. The van der Waals surface area contributed by atoms with Crippen LogP contribution in [0.5, 0.6) is 0 Å². The predicted molar refractivity (Wildman–Crippen MR) is 106 cm³/mol. The highest BCUT2D eigenvalue weighted by molar-refractivity contribution is 5.83. The van der Waals surface area contributed by atoms with Gasteiger partial charge in [0.25, 0.3) is 0 Å². The van der Waals surface area contributed by atoms with Crippen molar-refractivity contribution in [3.63, 3.8) is 0 Å². The molecule has 1 atom stereocenters. The molecule has 1 aliphatic rings. The maximum absolute atomic E-state index is 9.37. The van der Waals surface area contributed by atoms with E-state index in [4.69, 9.17) is 9.73 Å². The molecule has 3 rings (SSSR count). The summed E-state index contributed by atoms with van der Waals surface area (Å²) in [5, 5.41) is 18.6. The van der Waals surface area contributed by atoms with Crippen LogP contribution in [0.3, 0.4) is 0 Å². The average Bonchev–Trinajstić information content (AvgIpc) is 3.13. The van der Waals surface area contributed by atoms with Crippen LogP contribution in [0.2, 0.25) is 0 Å². The summed E-state index contributed by atoms with van der Waals surface area (Å²) in [5.41, 5.74) is 1.20. The molecule has 1 unspecified atom stereocenters. The molecular formula is C21H29N3O2. The van der Waals surface area contributed by atoms with Crippen LogP contribution in [0, 0.1) is 5.41 Å². The largest absolute Gasteiger partial charge is 0.396 e. The fraction of sp³-hybridized carbons (Fsp3) is 0.476. The number of ether oxygens (including phenoxy) is 1. The Labute approximate surface area is 155 Å². The molecule has 1 aliphatic heterocycles. The molecule has 0 aliphatic carbocycles. The molecular weight excluding hydrogens is 326 g/mol. The summed E-state index contributed by atoms with van der Waals surface area (Å²) in [6.45, 7) is 5.93. The summed E-state index contributed by atoms with van der Waals surface area (Å²) in [6.07, 6.45) is 1.73. The number of rotatable bonds is 7. The van der Waals surface area contributed by atoms with Gasteiger partial charge < -0.3 is 20.5 Å². The van der Waals surface area contributed by atoms with Gasteiger partial charge in [0.1, 0.15) is 0 Å². The molecule has 5 nitrogen and oxygen atoms in total. The normalized spacial score (nSPS) is 20.5. The van der Waals surface area contributed by atoms with Crippen molar-refractivity contribution < 1.29 is 9.84 Å². The minimum atomic E-state index is 0.00783. The number of aliphatic imine (C=N–C) groups is 1. The molecule has 140 valence electrons. The molecule has 1 heterocycles. The molecule has 0 radical (unpaired) electrons. The van der Waals surface area contributed by atoms with Crippen molar-refractivity contribution in [1.29, 1.82) is 0 Å². The molecule has 0 spiro atoms.